The molecule has 0 aliphatic heterocycles. The molecule has 0 saturated carbocycles. The number of para-hydroxylation sites is 1. The van der Waals surface area contributed by atoms with E-state index >= 15 is 0 Å². The smallest absolute Gasteiger partial charge is 0.266 e. The van der Waals surface area contributed by atoms with Crippen LogP contribution < -0.4 is 5.56 Å². The number of amides is 1. The molecule has 1 unspecified atom stereocenters. The number of unbranched alkanes of at least 4 members (excludes halogenated alkanes) is 1. The van der Waals surface area contributed by atoms with Gasteiger partial charge in [-0.3, -0.25) is 14.2 Å². The highest BCUT2D eigenvalue weighted by Gasteiger charge is 2.27. The minimum Gasteiger partial charge on any atom is -0.385 e. The molecular formula is C33H39N3O3. The zero-order valence-corrected chi connectivity index (χ0v) is 23.7. The molecular weight excluding hydrogens is 486 g/mol. The van der Waals surface area contributed by atoms with E-state index < -0.39 is 6.04 Å². The number of rotatable bonds is 11. The Kier molecular flexibility index (Phi) is 9.31. The number of aromatic nitrogens is 2. The summed E-state index contributed by atoms with van der Waals surface area (Å²) >= 11 is 0. The molecule has 3 aromatic carbocycles. The number of aryl methyl sites for hydroxylation is 3. The highest BCUT2D eigenvalue weighted by molar-refractivity contribution is 5.94. The van der Waals surface area contributed by atoms with Gasteiger partial charge in [0.15, 0.2) is 0 Å². The molecule has 6 heteroatoms. The van der Waals surface area contributed by atoms with Crippen molar-refractivity contribution in [2.75, 3.05) is 20.3 Å². The Labute approximate surface area is 231 Å². The zero-order valence-electron chi connectivity index (χ0n) is 23.7. The van der Waals surface area contributed by atoms with Crippen molar-refractivity contribution in [3.8, 4) is 5.69 Å². The van der Waals surface area contributed by atoms with Gasteiger partial charge in [0.05, 0.1) is 22.6 Å². The SMILES string of the molecule is CCCCc1ccc(C(=O)N(CCCOC)C(C)c2nc3ccccc3c(=O)n2-c2ccc(C)c(C)c2)cc1. The summed E-state index contributed by atoms with van der Waals surface area (Å²) in [7, 11) is 1.66. The van der Waals surface area contributed by atoms with Crippen molar-refractivity contribution in [1.29, 1.82) is 0 Å². The molecule has 1 atom stereocenters. The third kappa shape index (κ3) is 6.28. The van der Waals surface area contributed by atoms with Crippen LogP contribution in [0.3, 0.4) is 0 Å². The van der Waals surface area contributed by atoms with Crippen LogP contribution in [0.1, 0.15) is 72.0 Å². The van der Waals surface area contributed by atoms with Crippen LogP contribution in [-0.2, 0) is 11.2 Å². The van der Waals surface area contributed by atoms with Crippen LogP contribution in [0.4, 0.5) is 0 Å². The second-order valence-corrected chi connectivity index (χ2v) is 10.2. The number of nitrogens with zero attached hydrogens (tertiary/aromatic N) is 3. The fraction of sp³-hybridized carbons (Fsp3) is 0.364. The molecule has 0 aliphatic rings. The molecule has 1 aromatic heterocycles. The average molecular weight is 526 g/mol. The summed E-state index contributed by atoms with van der Waals surface area (Å²) in [6, 6.07) is 20.8. The second kappa shape index (κ2) is 12.9. The Morgan fingerprint density at radius 3 is 2.44 bits per heavy atom. The Balaban J connectivity index is 1.82. The summed E-state index contributed by atoms with van der Waals surface area (Å²) in [5.41, 5.74) is 5.31. The topological polar surface area (TPSA) is 64.4 Å². The van der Waals surface area contributed by atoms with Gasteiger partial charge >= 0.3 is 0 Å². The Hall–Kier alpha value is -3.77. The van der Waals surface area contributed by atoms with Gasteiger partial charge in [0.2, 0.25) is 0 Å². The molecule has 0 saturated heterocycles. The van der Waals surface area contributed by atoms with Crippen molar-refractivity contribution in [1.82, 2.24) is 14.5 Å². The van der Waals surface area contributed by atoms with Crippen LogP contribution in [0.15, 0.2) is 71.5 Å². The van der Waals surface area contributed by atoms with E-state index in [0.29, 0.717) is 41.9 Å². The predicted molar refractivity (Wildman–Crippen MR) is 158 cm³/mol. The molecule has 6 nitrogen and oxygen atoms in total. The fourth-order valence-corrected chi connectivity index (χ4v) is 4.89. The average Bonchev–Trinajstić information content (AvgIpc) is 2.95. The maximum atomic E-state index is 13.9. The first-order valence-electron chi connectivity index (χ1n) is 13.8. The zero-order chi connectivity index (χ0) is 27.9. The van der Waals surface area contributed by atoms with Crippen molar-refractivity contribution < 1.29 is 9.53 Å². The van der Waals surface area contributed by atoms with E-state index in [-0.39, 0.29) is 11.5 Å². The van der Waals surface area contributed by atoms with Crippen LogP contribution in [0.2, 0.25) is 0 Å². The molecule has 4 aromatic rings. The van der Waals surface area contributed by atoms with Gasteiger partial charge in [-0.25, -0.2) is 4.98 Å². The first-order chi connectivity index (χ1) is 18.8. The van der Waals surface area contributed by atoms with E-state index in [0.717, 1.165) is 36.1 Å². The summed E-state index contributed by atoms with van der Waals surface area (Å²) in [5, 5.41) is 0.548. The van der Waals surface area contributed by atoms with E-state index in [1.807, 2.05) is 86.3 Å². The molecule has 39 heavy (non-hydrogen) atoms. The lowest BCUT2D eigenvalue weighted by Crippen LogP contribution is -2.38. The minimum absolute atomic E-state index is 0.0883. The summed E-state index contributed by atoms with van der Waals surface area (Å²) in [4.78, 5) is 34.6. The molecule has 0 fully saturated rings. The van der Waals surface area contributed by atoms with Crippen molar-refractivity contribution in [3.05, 3.63) is 105 Å². The van der Waals surface area contributed by atoms with Crippen molar-refractivity contribution in [3.63, 3.8) is 0 Å². The first-order valence-corrected chi connectivity index (χ1v) is 13.8. The van der Waals surface area contributed by atoms with Crippen LogP contribution >= 0.6 is 0 Å². The number of ether oxygens (including phenoxy) is 1. The predicted octanol–water partition coefficient (Wildman–Crippen LogP) is 6.59. The molecule has 0 radical (unpaired) electrons. The number of carbonyl (C=O) groups excluding carboxylic acids is 1. The van der Waals surface area contributed by atoms with E-state index in [4.69, 9.17) is 9.72 Å². The molecule has 0 aliphatic carbocycles. The van der Waals surface area contributed by atoms with E-state index in [1.165, 1.54) is 5.56 Å². The molecule has 0 N–H and O–H groups in total. The molecule has 1 amide bonds. The summed E-state index contributed by atoms with van der Waals surface area (Å²) in [6.45, 7) is 9.21. The lowest BCUT2D eigenvalue weighted by atomic mass is 10.0. The van der Waals surface area contributed by atoms with E-state index in [1.54, 1.807) is 17.7 Å². The number of hydrogen-bond donors (Lipinski definition) is 0. The highest BCUT2D eigenvalue weighted by Crippen LogP contribution is 2.26. The van der Waals surface area contributed by atoms with Crippen LogP contribution in [0.25, 0.3) is 16.6 Å². The third-order valence-electron chi connectivity index (χ3n) is 7.42. The fourth-order valence-electron chi connectivity index (χ4n) is 4.89. The lowest BCUT2D eigenvalue weighted by molar-refractivity contribution is 0.0657. The van der Waals surface area contributed by atoms with E-state index in [9.17, 15) is 9.59 Å². The van der Waals surface area contributed by atoms with Crippen molar-refractivity contribution >= 4 is 16.8 Å². The summed E-state index contributed by atoms with van der Waals surface area (Å²) in [5.74, 6) is 0.446. The third-order valence-corrected chi connectivity index (χ3v) is 7.42. The number of carbonyl (C=O) groups is 1. The monoisotopic (exact) mass is 525 g/mol. The number of hydrogen-bond acceptors (Lipinski definition) is 4. The quantitative estimate of drug-likeness (QED) is 0.207. The Bertz CT molecular complexity index is 1490. The van der Waals surface area contributed by atoms with Gasteiger partial charge in [0.25, 0.3) is 11.5 Å². The van der Waals surface area contributed by atoms with Gasteiger partial charge in [-0.15, -0.1) is 0 Å². The molecule has 204 valence electrons. The van der Waals surface area contributed by atoms with Crippen LogP contribution in [0.5, 0.6) is 0 Å². The van der Waals surface area contributed by atoms with Gasteiger partial charge in [0, 0.05) is 25.8 Å². The van der Waals surface area contributed by atoms with Crippen molar-refractivity contribution in [2.45, 2.75) is 59.4 Å². The van der Waals surface area contributed by atoms with Gasteiger partial charge in [-0.2, -0.15) is 0 Å². The number of methoxy groups -OCH3 is 1. The Morgan fingerprint density at radius 2 is 1.74 bits per heavy atom. The van der Waals surface area contributed by atoms with Crippen LogP contribution in [-0.4, -0.2) is 40.6 Å². The second-order valence-electron chi connectivity index (χ2n) is 10.2. The maximum absolute atomic E-state index is 13.9. The van der Waals surface area contributed by atoms with Crippen molar-refractivity contribution in [2.24, 2.45) is 0 Å². The van der Waals surface area contributed by atoms with Gasteiger partial charge in [0.1, 0.15) is 5.82 Å². The maximum Gasteiger partial charge on any atom is 0.266 e. The standard InChI is InChI=1S/C33H39N3O3/c1-6-7-11-26-15-17-27(18-16-26)32(37)35(20-10-21-39-5)25(4)31-34-30-13-9-8-12-29(30)33(38)36(31)28-19-14-23(2)24(3)22-28/h8-9,12-19,22,25H,6-7,10-11,20-21H2,1-5H3. The molecule has 0 bridgehead atoms. The normalized spacial score (nSPS) is 12.0. The Morgan fingerprint density at radius 1 is 1.00 bits per heavy atom. The molecule has 1 heterocycles. The molecule has 0 spiro atoms. The number of benzene rings is 3. The number of fused-ring (bicyclic) bond motifs is 1. The van der Waals surface area contributed by atoms with Crippen LogP contribution in [0, 0.1) is 13.8 Å². The largest absolute Gasteiger partial charge is 0.385 e. The molecule has 4 rings (SSSR count). The van der Waals surface area contributed by atoms with Gasteiger partial charge in [-0.1, -0.05) is 43.7 Å². The highest BCUT2D eigenvalue weighted by atomic mass is 16.5. The van der Waals surface area contributed by atoms with E-state index in [2.05, 4.69) is 6.92 Å². The summed E-state index contributed by atoms with van der Waals surface area (Å²) in [6.07, 6.45) is 3.92. The minimum atomic E-state index is -0.465. The lowest BCUT2D eigenvalue weighted by Gasteiger charge is -2.31. The van der Waals surface area contributed by atoms with Gasteiger partial charge < -0.3 is 9.64 Å². The first kappa shape index (κ1) is 28.2. The summed E-state index contributed by atoms with van der Waals surface area (Å²) < 4.78 is 6.97. The van der Waals surface area contributed by atoms with Gasteiger partial charge in [-0.05, 0) is 93.1 Å².